The normalized spacial score (nSPS) is 17.3. The number of rotatable bonds is 12. The van der Waals surface area contributed by atoms with Crippen LogP contribution in [0.3, 0.4) is 0 Å². The van der Waals surface area contributed by atoms with Crippen molar-refractivity contribution in [3.05, 3.63) is 70.3 Å². The molecule has 202 valence electrons. The number of aliphatic hydroxyl groups is 1. The van der Waals surface area contributed by atoms with Gasteiger partial charge in [-0.3, -0.25) is 9.59 Å². The summed E-state index contributed by atoms with van der Waals surface area (Å²) in [5.41, 5.74) is 2.11. The van der Waals surface area contributed by atoms with Crippen LogP contribution in [0.2, 0.25) is 0 Å². The molecule has 1 heterocycles. The minimum Gasteiger partial charge on any atom is -0.392 e. The Hall–Kier alpha value is -2.64. The number of Topliss-reactive ketones (excluding diaryl/α,β-unsaturated/α-hetero) is 1. The largest absolute Gasteiger partial charge is 0.392 e. The van der Waals surface area contributed by atoms with E-state index in [1.54, 1.807) is 18.2 Å². The van der Waals surface area contributed by atoms with Crippen molar-refractivity contribution in [3.63, 3.8) is 0 Å². The predicted octanol–water partition coefficient (Wildman–Crippen LogP) is 5.33. The molecule has 1 saturated heterocycles. The summed E-state index contributed by atoms with van der Waals surface area (Å²) in [5, 5.41) is 14.6. The van der Waals surface area contributed by atoms with Crippen LogP contribution in [0.5, 0.6) is 0 Å². The summed E-state index contributed by atoms with van der Waals surface area (Å²) < 4.78 is 27.8. The molecule has 0 unspecified atom stereocenters. The van der Waals surface area contributed by atoms with Crippen molar-refractivity contribution >= 4 is 11.7 Å². The van der Waals surface area contributed by atoms with Crippen molar-refractivity contribution < 1.29 is 23.5 Å². The highest BCUT2D eigenvalue weighted by Gasteiger charge is 2.31. The first-order valence-corrected chi connectivity index (χ1v) is 13.5. The summed E-state index contributed by atoms with van der Waals surface area (Å²) in [6.45, 7) is 8.73. The molecule has 0 aromatic heterocycles. The van der Waals surface area contributed by atoms with Gasteiger partial charge in [0, 0.05) is 43.2 Å². The highest BCUT2D eigenvalue weighted by Crippen LogP contribution is 2.28. The summed E-state index contributed by atoms with van der Waals surface area (Å²) in [6.07, 6.45) is 2.82. The molecule has 7 heteroatoms. The maximum Gasteiger partial charge on any atom is 0.253 e. The molecule has 5 nitrogen and oxygen atoms in total. The summed E-state index contributed by atoms with van der Waals surface area (Å²) in [7, 11) is 0. The number of carbonyl (C=O) groups is 2. The average molecular weight is 515 g/mol. The van der Waals surface area contributed by atoms with Crippen LogP contribution in [-0.4, -0.2) is 54.0 Å². The molecule has 2 aromatic rings. The number of piperidine rings is 1. The summed E-state index contributed by atoms with van der Waals surface area (Å²) >= 11 is 0. The molecule has 1 aliphatic heterocycles. The molecule has 0 radical (unpaired) electrons. The maximum absolute atomic E-state index is 13.9. The molecule has 2 aromatic carbocycles. The second-order valence-electron chi connectivity index (χ2n) is 10.3. The Balaban J connectivity index is 1.86. The number of aliphatic hydroxyl groups excluding tert-OH is 1. The molecule has 0 spiro atoms. The van der Waals surface area contributed by atoms with Gasteiger partial charge in [-0.25, -0.2) is 8.78 Å². The Bertz CT molecular complexity index is 1040. The van der Waals surface area contributed by atoms with Crippen LogP contribution in [0.4, 0.5) is 8.78 Å². The number of carbonyl (C=O) groups excluding carboxylic acids is 2. The molecule has 1 fully saturated rings. The van der Waals surface area contributed by atoms with Gasteiger partial charge in [0.15, 0.2) is 5.78 Å². The first-order valence-electron chi connectivity index (χ1n) is 13.5. The molecule has 2 N–H and O–H groups in total. The second kappa shape index (κ2) is 13.8. The first kappa shape index (κ1) is 28.9. The topological polar surface area (TPSA) is 69.6 Å². The summed E-state index contributed by atoms with van der Waals surface area (Å²) in [5.74, 6) is -2.22. The molecule has 1 amide bonds. The van der Waals surface area contributed by atoms with Crippen LogP contribution in [0.25, 0.3) is 0 Å². The third-order valence-corrected chi connectivity index (χ3v) is 7.09. The lowest BCUT2D eigenvalue weighted by molar-refractivity contribution is 0.0342. The van der Waals surface area contributed by atoms with Gasteiger partial charge in [0.25, 0.3) is 5.91 Å². The van der Waals surface area contributed by atoms with Crippen molar-refractivity contribution in [2.75, 3.05) is 26.2 Å². The van der Waals surface area contributed by atoms with Crippen molar-refractivity contribution in [2.24, 2.45) is 11.8 Å². The van der Waals surface area contributed by atoms with E-state index in [9.17, 15) is 23.5 Å². The SMILES string of the molecule is CCCN(CCC)C(=O)c1cc(C)cc(C(=O)C[C@@H](Cc2cc(F)cc(F)c2)[C@H](O)[C@@H]2CCCNC2)c1. The van der Waals surface area contributed by atoms with Crippen molar-refractivity contribution in [1.29, 1.82) is 0 Å². The second-order valence-corrected chi connectivity index (χ2v) is 10.3. The van der Waals surface area contributed by atoms with E-state index in [1.165, 1.54) is 12.1 Å². The van der Waals surface area contributed by atoms with E-state index in [0.29, 0.717) is 36.3 Å². The number of hydrogen-bond donors (Lipinski definition) is 2. The smallest absolute Gasteiger partial charge is 0.253 e. The average Bonchev–Trinajstić information content (AvgIpc) is 2.87. The molecule has 3 atom stereocenters. The summed E-state index contributed by atoms with van der Waals surface area (Å²) in [6, 6.07) is 8.53. The van der Waals surface area contributed by atoms with Gasteiger partial charge >= 0.3 is 0 Å². The Morgan fingerprint density at radius 3 is 2.27 bits per heavy atom. The maximum atomic E-state index is 13.9. The van der Waals surface area contributed by atoms with Gasteiger partial charge in [0.2, 0.25) is 0 Å². The monoisotopic (exact) mass is 514 g/mol. The molecular weight excluding hydrogens is 474 g/mol. The van der Waals surface area contributed by atoms with Gasteiger partial charge in [-0.1, -0.05) is 13.8 Å². The van der Waals surface area contributed by atoms with Gasteiger partial charge in [0.05, 0.1) is 6.10 Å². The highest BCUT2D eigenvalue weighted by atomic mass is 19.1. The fourth-order valence-corrected chi connectivity index (χ4v) is 5.36. The molecule has 0 aliphatic carbocycles. The van der Waals surface area contributed by atoms with Gasteiger partial charge < -0.3 is 15.3 Å². The van der Waals surface area contributed by atoms with Crippen molar-refractivity contribution in [1.82, 2.24) is 10.2 Å². The van der Waals surface area contributed by atoms with E-state index in [-0.39, 0.29) is 30.4 Å². The number of nitrogens with one attached hydrogen (secondary N) is 1. The molecule has 0 bridgehead atoms. The number of benzene rings is 2. The Labute approximate surface area is 219 Å². The summed E-state index contributed by atoms with van der Waals surface area (Å²) in [4.78, 5) is 28.5. The van der Waals surface area contributed by atoms with Crippen LogP contribution in [0.1, 0.15) is 77.8 Å². The molecule has 3 rings (SSSR count). The van der Waals surface area contributed by atoms with Crippen LogP contribution >= 0.6 is 0 Å². The van der Waals surface area contributed by atoms with E-state index in [1.807, 2.05) is 25.7 Å². The van der Waals surface area contributed by atoms with Crippen LogP contribution in [-0.2, 0) is 6.42 Å². The third-order valence-electron chi connectivity index (χ3n) is 7.09. The van der Waals surface area contributed by atoms with Crippen molar-refractivity contribution in [2.45, 2.75) is 65.4 Å². The van der Waals surface area contributed by atoms with Crippen molar-refractivity contribution in [3.8, 4) is 0 Å². The zero-order valence-corrected chi connectivity index (χ0v) is 22.2. The standard InChI is InChI=1S/C30H40F2N2O3/c1-4-9-34(10-5-2)30(37)25-12-20(3)11-23(16-25)28(35)17-24(29(36)22-7-6-8-33-19-22)13-21-14-26(31)18-27(32)15-21/h11-12,14-16,18,22,24,29,33,36H,4-10,13,17,19H2,1-3H3/t22-,24-,29-/m1/s1. The zero-order valence-electron chi connectivity index (χ0n) is 22.2. The number of ketones is 1. The van der Waals surface area contributed by atoms with E-state index >= 15 is 0 Å². The lowest BCUT2D eigenvalue weighted by Gasteiger charge is -2.32. The minimum absolute atomic E-state index is 0.0144. The quantitative estimate of drug-likeness (QED) is 0.376. The highest BCUT2D eigenvalue weighted by molar-refractivity contribution is 6.01. The number of aryl methyl sites for hydroxylation is 1. The Morgan fingerprint density at radius 2 is 1.68 bits per heavy atom. The third kappa shape index (κ3) is 8.17. The van der Waals surface area contributed by atoms with Crippen LogP contribution in [0, 0.1) is 30.4 Å². The van der Waals surface area contributed by atoms with Gasteiger partial charge in [-0.05, 0) is 98.9 Å². The van der Waals surface area contributed by atoms with E-state index < -0.39 is 23.7 Å². The molecular formula is C30H40F2N2O3. The van der Waals surface area contributed by atoms with Crippen LogP contribution < -0.4 is 5.32 Å². The van der Waals surface area contributed by atoms with E-state index in [4.69, 9.17) is 0 Å². The fourth-order valence-electron chi connectivity index (χ4n) is 5.36. The molecule has 0 saturated carbocycles. The lowest BCUT2D eigenvalue weighted by Crippen LogP contribution is -2.41. The van der Waals surface area contributed by atoms with E-state index in [0.717, 1.165) is 43.9 Å². The lowest BCUT2D eigenvalue weighted by atomic mass is 9.79. The number of amides is 1. The van der Waals surface area contributed by atoms with Gasteiger partial charge in [0.1, 0.15) is 11.6 Å². The zero-order chi connectivity index (χ0) is 26.9. The van der Waals surface area contributed by atoms with Gasteiger partial charge in [-0.15, -0.1) is 0 Å². The predicted molar refractivity (Wildman–Crippen MR) is 142 cm³/mol. The Morgan fingerprint density at radius 1 is 1.03 bits per heavy atom. The number of hydrogen-bond acceptors (Lipinski definition) is 4. The number of halogens is 2. The molecule has 37 heavy (non-hydrogen) atoms. The Kier molecular flexibility index (Phi) is 10.8. The van der Waals surface area contributed by atoms with Gasteiger partial charge in [-0.2, -0.15) is 0 Å². The fraction of sp³-hybridized carbons (Fsp3) is 0.533. The van der Waals surface area contributed by atoms with E-state index in [2.05, 4.69) is 5.32 Å². The molecule has 1 aliphatic rings. The number of nitrogens with zero attached hydrogens (tertiary/aromatic N) is 1. The first-order chi connectivity index (χ1) is 17.7. The minimum atomic E-state index is -0.807. The van der Waals surface area contributed by atoms with Crippen LogP contribution in [0.15, 0.2) is 36.4 Å².